The average molecular weight is 359 g/mol. The summed E-state index contributed by atoms with van der Waals surface area (Å²) >= 11 is 0. The third-order valence-corrected chi connectivity index (χ3v) is 4.20. The second-order valence-corrected chi connectivity index (χ2v) is 6.09. The van der Waals surface area contributed by atoms with Crippen LogP contribution in [0.4, 0.5) is 0 Å². The summed E-state index contributed by atoms with van der Waals surface area (Å²) in [6.45, 7) is 4.46. The number of nitrogens with zero attached hydrogens (tertiary/aromatic N) is 2. The van der Waals surface area contributed by atoms with Gasteiger partial charge >= 0.3 is 5.97 Å². The molecule has 0 bridgehead atoms. The Kier molecular flexibility index (Phi) is 7.38. The molecule has 0 aliphatic rings. The number of aromatic nitrogens is 2. The Hall–Kier alpha value is -2.63. The highest BCUT2D eigenvalue weighted by molar-refractivity contribution is 5.95. The van der Waals surface area contributed by atoms with Crippen molar-refractivity contribution in [2.45, 2.75) is 45.7 Å². The average Bonchev–Trinajstić information content (AvgIpc) is 3.10. The first-order chi connectivity index (χ1) is 12.6. The van der Waals surface area contributed by atoms with Gasteiger partial charge in [-0.2, -0.15) is 0 Å². The van der Waals surface area contributed by atoms with Crippen LogP contribution in [0.5, 0.6) is 5.75 Å². The van der Waals surface area contributed by atoms with Gasteiger partial charge in [0, 0.05) is 5.56 Å². The topological polar surface area (TPSA) is 61.4 Å². The number of imidazole rings is 1. The number of benzene rings is 1. The summed E-state index contributed by atoms with van der Waals surface area (Å²) in [6.07, 6.45) is 8.08. The molecular weight excluding hydrogens is 332 g/mol. The lowest BCUT2D eigenvalue weighted by Gasteiger charge is -2.11. The molecule has 2 aromatic rings. The van der Waals surface area contributed by atoms with E-state index >= 15 is 0 Å². The molecule has 26 heavy (non-hydrogen) atoms. The smallest absolute Gasteiger partial charge is 0.351 e. The van der Waals surface area contributed by atoms with Crippen molar-refractivity contribution in [3.8, 4) is 5.75 Å². The van der Waals surface area contributed by atoms with E-state index in [1.807, 2.05) is 10.8 Å². The summed E-state index contributed by atoms with van der Waals surface area (Å²) in [7, 11) is 1.59. The Balaban J connectivity index is 2.08. The number of carbonyl (C=O) groups is 2. The van der Waals surface area contributed by atoms with Crippen LogP contribution in [-0.2, 0) is 16.1 Å². The predicted molar refractivity (Wildman–Crippen MR) is 97.1 cm³/mol. The van der Waals surface area contributed by atoms with Gasteiger partial charge in [0.1, 0.15) is 18.1 Å². The van der Waals surface area contributed by atoms with Crippen LogP contribution in [0.2, 0.25) is 0 Å². The van der Waals surface area contributed by atoms with Crippen LogP contribution in [-0.4, -0.2) is 30.0 Å². The van der Waals surface area contributed by atoms with Crippen molar-refractivity contribution in [1.82, 2.24) is 4.57 Å². The number of ether oxygens (including phenoxy) is 2. The van der Waals surface area contributed by atoms with Crippen molar-refractivity contribution < 1.29 is 23.6 Å². The fourth-order valence-electron chi connectivity index (χ4n) is 2.75. The molecule has 0 amide bonds. The second-order valence-electron chi connectivity index (χ2n) is 6.09. The molecule has 0 aliphatic heterocycles. The minimum absolute atomic E-state index is 0.00311. The number of esters is 1. The Morgan fingerprint density at radius 1 is 1.19 bits per heavy atom. The summed E-state index contributed by atoms with van der Waals surface area (Å²) in [5.41, 5.74) is 0.624. The molecule has 1 aromatic carbocycles. The maximum Gasteiger partial charge on any atom is 0.351 e. The Labute approximate surface area is 154 Å². The van der Waals surface area contributed by atoms with Crippen molar-refractivity contribution >= 4 is 11.8 Å². The largest absolute Gasteiger partial charge is 0.497 e. The Bertz CT molecular complexity index is 722. The van der Waals surface area contributed by atoms with Gasteiger partial charge in [0.25, 0.3) is 0 Å². The van der Waals surface area contributed by atoms with Crippen LogP contribution in [0.25, 0.3) is 0 Å². The zero-order valence-electron chi connectivity index (χ0n) is 15.7. The summed E-state index contributed by atoms with van der Waals surface area (Å²) in [5.74, 6) is 0.482. The van der Waals surface area contributed by atoms with Gasteiger partial charge in [0.05, 0.1) is 13.7 Å². The maximum absolute atomic E-state index is 12.4. The van der Waals surface area contributed by atoms with Gasteiger partial charge in [0.15, 0.2) is 12.6 Å². The van der Waals surface area contributed by atoms with Gasteiger partial charge in [-0.1, -0.05) is 13.3 Å². The van der Waals surface area contributed by atoms with Crippen molar-refractivity contribution in [2.75, 3.05) is 13.7 Å². The van der Waals surface area contributed by atoms with Gasteiger partial charge in [-0.3, -0.25) is 4.79 Å². The quantitative estimate of drug-likeness (QED) is 0.372. The molecule has 0 saturated carbocycles. The van der Waals surface area contributed by atoms with Crippen LogP contribution >= 0.6 is 0 Å². The lowest BCUT2D eigenvalue weighted by molar-refractivity contribution is -0.682. The lowest BCUT2D eigenvalue weighted by atomic mass is 10.1. The van der Waals surface area contributed by atoms with E-state index in [0.29, 0.717) is 17.9 Å². The highest BCUT2D eigenvalue weighted by Gasteiger charge is 2.26. The second kappa shape index (κ2) is 9.75. The predicted octanol–water partition coefficient (Wildman–Crippen LogP) is 2.96. The fraction of sp³-hybridized carbons (Fsp3) is 0.450. The van der Waals surface area contributed by atoms with Crippen LogP contribution < -0.4 is 9.30 Å². The molecule has 140 valence electrons. The number of rotatable bonds is 10. The Morgan fingerprint density at radius 2 is 1.92 bits per heavy atom. The summed E-state index contributed by atoms with van der Waals surface area (Å²) in [5, 5.41) is 0. The molecule has 0 N–H and O–H groups in total. The molecule has 1 atom stereocenters. The minimum atomic E-state index is -0.354. The van der Waals surface area contributed by atoms with Crippen molar-refractivity contribution in [2.24, 2.45) is 0 Å². The van der Waals surface area contributed by atoms with E-state index in [9.17, 15) is 9.59 Å². The third kappa shape index (κ3) is 5.18. The Morgan fingerprint density at radius 3 is 2.54 bits per heavy atom. The van der Waals surface area contributed by atoms with Gasteiger partial charge in [-0.15, -0.1) is 0 Å². The SMILES string of the molecule is CCCCC(C(=O)OCC)n1cc[n+](CC(=O)c2ccc(OC)cc2)c1. The molecule has 2 rings (SSSR count). The molecule has 0 spiro atoms. The van der Waals surface area contributed by atoms with Gasteiger partial charge in [0.2, 0.25) is 12.1 Å². The number of ketones is 1. The van der Waals surface area contributed by atoms with E-state index in [4.69, 9.17) is 9.47 Å². The number of unbranched alkanes of at least 4 members (excludes halogenated alkanes) is 1. The zero-order valence-corrected chi connectivity index (χ0v) is 15.7. The summed E-state index contributed by atoms with van der Waals surface area (Å²) in [4.78, 5) is 24.7. The summed E-state index contributed by atoms with van der Waals surface area (Å²) in [6, 6.07) is 6.69. The normalized spacial score (nSPS) is 11.8. The van der Waals surface area contributed by atoms with Gasteiger partial charge in [-0.05, 0) is 44.0 Å². The number of Topliss-reactive ketones (excluding diaryl/α,β-unsaturated/α-hetero) is 1. The molecule has 1 aromatic heterocycles. The standard InChI is InChI=1S/C20H27N2O4/c1-4-6-7-18(20(24)26-5-2)22-13-12-21(15-22)14-19(23)16-8-10-17(25-3)11-9-16/h8-13,15,18H,4-7,14H2,1-3H3/q+1. The molecule has 1 heterocycles. The van der Waals surface area contributed by atoms with E-state index in [1.165, 1.54) is 0 Å². The van der Waals surface area contributed by atoms with E-state index < -0.39 is 0 Å². The van der Waals surface area contributed by atoms with Crippen molar-refractivity contribution in [3.63, 3.8) is 0 Å². The fourth-order valence-corrected chi connectivity index (χ4v) is 2.75. The van der Waals surface area contributed by atoms with Crippen LogP contribution in [0.15, 0.2) is 43.0 Å². The van der Waals surface area contributed by atoms with Crippen LogP contribution in [0.1, 0.15) is 49.5 Å². The van der Waals surface area contributed by atoms with Gasteiger partial charge < -0.3 is 9.47 Å². The number of methoxy groups -OCH3 is 1. The monoisotopic (exact) mass is 359 g/mol. The first-order valence-corrected chi connectivity index (χ1v) is 8.99. The summed E-state index contributed by atoms with van der Waals surface area (Å²) < 4.78 is 13.9. The highest BCUT2D eigenvalue weighted by Crippen LogP contribution is 2.17. The zero-order chi connectivity index (χ0) is 18.9. The van der Waals surface area contributed by atoms with E-state index in [0.717, 1.165) is 19.3 Å². The lowest BCUT2D eigenvalue weighted by Crippen LogP contribution is -2.36. The molecule has 0 saturated heterocycles. The molecular formula is C20H27N2O4+. The van der Waals surface area contributed by atoms with Gasteiger partial charge in [-0.25, -0.2) is 13.9 Å². The maximum atomic E-state index is 12.4. The molecule has 6 heteroatoms. The van der Waals surface area contributed by atoms with E-state index in [2.05, 4.69) is 6.92 Å². The number of hydrogen-bond acceptors (Lipinski definition) is 4. The molecule has 1 unspecified atom stereocenters. The van der Waals surface area contributed by atoms with Crippen molar-refractivity contribution in [3.05, 3.63) is 48.5 Å². The van der Waals surface area contributed by atoms with Crippen LogP contribution in [0, 0.1) is 0 Å². The molecule has 0 aliphatic carbocycles. The van der Waals surface area contributed by atoms with E-state index in [1.54, 1.807) is 55.4 Å². The highest BCUT2D eigenvalue weighted by atomic mass is 16.5. The first kappa shape index (κ1) is 19.7. The number of hydrogen-bond donors (Lipinski definition) is 0. The molecule has 0 fully saturated rings. The van der Waals surface area contributed by atoms with Crippen LogP contribution in [0.3, 0.4) is 0 Å². The molecule has 0 radical (unpaired) electrons. The third-order valence-electron chi connectivity index (χ3n) is 4.20. The number of carbonyl (C=O) groups excluding carboxylic acids is 2. The minimum Gasteiger partial charge on any atom is -0.497 e. The molecule has 6 nitrogen and oxygen atoms in total. The van der Waals surface area contributed by atoms with Crippen molar-refractivity contribution in [1.29, 1.82) is 0 Å². The van der Waals surface area contributed by atoms with E-state index in [-0.39, 0.29) is 24.3 Å². The first-order valence-electron chi connectivity index (χ1n) is 8.99.